The highest BCUT2D eigenvalue weighted by Crippen LogP contribution is 2.30. The van der Waals surface area contributed by atoms with Crippen LogP contribution >= 0.6 is 11.3 Å². The summed E-state index contributed by atoms with van der Waals surface area (Å²) in [5.41, 5.74) is 7.81. The van der Waals surface area contributed by atoms with Gasteiger partial charge in [-0.25, -0.2) is 0 Å². The lowest BCUT2D eigenvalue weighted by Gasteiger charge is -1.97. The fourth-order valence-corrected chi connectivity index (χ4v) is 2.38. The van der Waals surface area contributed by atoms with E-state index in [4.69, 9.17) is 5.73 Å². The minimum Gasteiger partial charge on any atom is -0.326 e. The van der Waals surface area contributed by atoms with Crippen molar-refractivity contribution in [3.63, 3.8) is 0 Å². The summed E-state index contributed by atoms with van der Waals surface area (Å²) in [6, 6.07) is 14.6. The molecule has 15 heavy (non-hydrogen) atoms. The Morgan fingerprint density at radius 3 is 2.53 bits per heavy atom. The summed E-state index contributed by atoms with van der Waals surface area (Å²) < 4.78 is 0. The average molecular weight is 215 g/mol. The summed E-state index contributed by atoms with van der Waals surface area (Å²) in [5.74, 6) is 0. The van der Waals surface area contributed by atoms with Crippen molar-refractivity contribution in [3.05, 3.63) is 53.9 Å². The zero-order valence-electron chi connectivity index (χ0n) is 8.44. The van der Waals surface area contributed by atoms with Crippen LogP contribution in [-0.4, -0.2) is 6.54 Å². The molecule has 2 N–H and O–H groups in total. The van der Waals surface area contributed by atoms with Crippen LogP contribution in [0.5, 0.6) is 0 Å². The highest BCUT2D eigenvalue weighted by molar-refractivity contribution is 7.16. The Labute approximate surface area is 93.9 Å². The molecule has 0 unspecified atom stereocenters. The molecule has 1 heterocycles. The highest BCUT2D eigenvalue weighted by atomic mass is 32.1. The molecular formula is C13H13NS. The number of hydrogen-bond donors (Lipinski definition) is 1. The van der Waals surface area contributed by atoms with Crippen LogP contribution in [0.4, 0.5) is 0 Å². The molecule has 0 saturated carbocycles. The van der Waals surface area contributed by atoms with Gasteiger partial charge in [0.1, 0.15) is 0 Å². The van der Waals surface area contributed by atoms with Crippen LogP contribution in [0.15, 0.2) is 49.0 Å². The minimum absolute atomic E-state index is 0.523. The van der Waals surface area contributed by atoms with E-state index in [0.29, 0.717) is 6.54 Å². The first-order valence-corrected chi connectivity index (χ1v) is 5.66. The van der Waals surface area contributed by atoms with Crippen molar-refractivity contribution in [2.45, 2.75) is 0 Å². The summed E-state index contributed by atoms with van der Waals surface area (Å²) in [6.45, 7) is 4.46. The lowest BCUT2D eigenvalue weighted by atomic mass is 10.2. The molecule has 0 aliphatic carbocycles. The molecule has 1 aromatic heterocycles. The second-order valence-corrected chi connectivity index (χ2v) is 4.42. The first-order chi connectivity index (χ1) is 7.31. The normalized spacial score (nSPS) is 10.2. The molecule has 2 aromatic rings. The Morgan fingerprint density at radius 1 is 1.13 bits per heavy atom. The standard InChI is InChI=1S/C13H13NS/c1-10(9-14)12-7-8-13(15-12)11-5-3-2-4-6-11/h2-8H,1,9,14H2. The van der Waals surface area contributed by atoms with Gasteiger partial charge in [-0.1, -0.05) is 36.9 Å². The third kappa shape index (κ3) is 2.17. The van der Waals surface area contributed by atoms with E-state index in [1.165, 1.54) is 15.3 Å². The molecule has 0 saturated heterocycles. The summed E-state index contributed by atoms with van der Waals surface area (Å²) >= 11 is 1.74. The van der Waals surface area contributed by atoms with E-state index >= 15 is 0 Å². The zero-order chi connectivity index (χ0) is 10.7. The Balaban J connectivity index is 2.32. The molecule has 0 aliphatic heterocycles. The van der Waals surface area contributed by atoms with Crippen molar-refractivity contribution in [3.8, 4) is 10.4 Å². The predicted molar refractivity (Wildman–Crippen MR) is 67.8 cm³/mol. The molecule has 0 spiro atoms. The van der Waals surface area contributed by atoms with Gasteiger partial charge in [-0.15, -0.1) is 11.3 Å². The van der Waals surface area contributed by atoms with Crippen molar-refractivity contribution < 1.29 is 0 Å². The highest BCUT2D eigenvalue weighted by Gasteiger charge is 2.03. The maximum Gasteiger partial charge on any atom is 0.0349 e. The molecule has 2 heteroatoms. The third-order valence-electron chi connectivity index (χ3n) is 2.26. The molecular weight excluding hydrogens is 202 g/mol. The Bertz CT molecular complexity index is 456. The monoisotopic (exact) mass is 215 g/mol. The van der Waals surface area contributed by atoms with Gasteiger partial charge in [-0.2, -0.15) is 0 Å². The van der Waals surface area contributed by atoms with Crippen molar-refractivity contribution in [2.24, 2.45) is 5.73 Å². The first-order valence-electron chi connectivity index (χ1n) is 4.84. The molecule has 0 fully saturated rings. The van der Waals surface area contributed by atoms with Gasteiger partial charge in [0.25, 0.3) is 0 Å². The van der Waals surface area contributed by atoms with Gasteiger partial charge < -0.3 is 5.73 Å². The lowest BCUT2D eigenvalue weighted by molar-refractivity contribution is 1.28. The van der Waals surface area contributed by atoms with Crippen LogP contribution in [-0.2, 0) is 0 Å². The van der Waals surface area contributed by atoms with Crippen molar-refractivity contribution in [1.29, 1.82) is 0 Å². The Morgan fingerprint density at radius 2 is 1.87 bits per heavy atom. The third-order valence-corrected chi connectivity index (χ3v) is 3.50. The maximum absolute atomic E-state index is 5.56. The molecule has 0 atom stereocenters. The Hall–Kier alpha value is -1.38. The maximum atomic E-state index is 5.56. The number of hydrogen-bond acceptors (Lipinski definition) is 2. The summed E-state index contributed by atoms with van der Waals surface area (Å²) in [4.78, 5) is 2.44. The van der Waals surface area contributed by atoms with E-state index in [9.17, 15) is 0 Å². The molecule has 1 nitrogen and oxygen atoms in total. The molecule has 0 aliphatic rings. The second-order valence-electron chi connectivity index (χ2n) is 3.34. The molecule has 0 bridgehead atoms. The summed E-state index contributed by atoms with van der Waals surface area (Å²) in [7, 11) is 0. The van der Waals surface area contributed by atoms with Gasteiger partial charge in [0, 0.05) is 16.3 Å². The van der Waals surface area contributed by atoms with E-state index in [1.54, 1.807) is 11.3 Å². The van der Waals surface area contributed by atoms with Gasteiger partial charge in [0.2, 0.25) is 0 Å². The molecule has 1 aromatic carbocycles. The Kier molecular flexibility index (Phi) is 2.99. The number of benzene rings is 1. The van der Waals surface area contributed by atoms with Gasteiger partial charge in [0.15, 0.2) is 0 Å². The van der Waals surface area contributed by atoms with Gasteiger partial charge in [-0.3, -0.25) is 0 Å². The van der Waals surface area contributed by atoms with E-state index in [0.717, 1.165) is 5.57 Å². The van der Waals surface area contributed by atoms with Crippen LogP contribution in [0.2, 0.25) is 0 Å². The average Bonchev–Trinajstić information content (AvgIpc) is 2.78. The van der Waals surface area contributed by atoms with E-state index in [2.05, 4.69) is 30.8 Å². The van der Waals surface area contributed by atoms with Crippen LogP contribution in [0.1, 0.15) is 4.88 Å². The first kappa shape index (κ1) is 10.1. The van der Waals surface area contributed by atoms with Crippen LogP contribution in [0, 0.1) is 0 Å². The SMILES string of the molecule is C=C(CN)c1ccc(-c2ccccc2)s1. The topological polar surface area (TPSA) is 26.0 Å². The zero-order valence-corrected chi connectivity index (χ0v) is 9.26. The number of thiophene rings is 1. The molecule has 0 radical (unpaired) electrons. The molecule has 76 valence electrons. The van der Waals surface area contributed by atoms with E-state index in [-0.39, 0.29) is 0 Å². The largest absolute Gasteiger partial charge is 0.326 e. The van der Waals surface area contributed by atoms with Gasteiger partial charge in [-0.05, 0) is 23.3 Å². The number of nitrogens with two attached hydrogens (primary N) is 1. The predicted octanol–water partition coefficient (Wildman–Crippen LogP) is 3.39. The van der Waals surface area contributed by atoms with Crippen molar-refractivity contribution in [2.75, 3.05) is 6.54 Å². The van der Waals surface area contributed by atoms with Crippen molar-refractivity contribution >= 4 is 16.9 Å². The molecule has 0 amide bonds. The van der Waals surface area contributed by atoms with E-state index < -0.39 is 0 Å². The van der Waals surface area contributed by atoms with Crippen LogP contribution < -0.4 is 5.73 Å². The smallest absolute Gasteiger partial charge is 0.0349 e. The van der Waals surface area contributed by atoms with Crippen molar-refractivity contribution in [1.82, 2.24) is 0 Å². The van der Waals surface area contributed by atoms with Crippen LogP contribution in [0.25, 0.3) is 16.0 Å². The summed E-state index contributed by atoms with van der Waals surface area (Å²) in [5, 5.41) is 0. The quantitative estimate of drug-likeness (QED) is 0.834. The fourth-order valence-electron chi connectivity index (χ4n) is 1.39. The number of rotatable bonds is 3. The second kappa shape index (κ2) is 4.43. The molecule has 2 rings (SSSR count). The fraction of sp³-hybridized carbons (Fsp3) is 0.0769. The van der Waals surface area contributed by atoms with Gasteiger partial charge >= 0.3 is 0 Å². The minimum atomic E-state index is 0.523. The lowest BCUT2D eigenvalue weighted by Crippen LogP contribution is -1.98. The van der Waals surface area contributed by atoms with Crippen LogP contribution in [0.3, 0.4) is 0 Å². The van der Waals surface area contributed by atoms with Gasteiger partial charge in [0.05, 0.1) is 0 Å². The summed E-state index contributed by atoms with van der Waals surface area (Å²) in [6.07, 6.45) is 0. The van der Waals surface area contributed by atoms with E-state index in [1.807, 2.05) is 18.2 Å².